The number of nitrogens with zero attached hydrogens (tertiary/aromatic N) is 3. The molecule has 0 amide bonds. The average Bonchev–Trinajstić information content (AvgIpc) is 2.87. The third-order valence-corrected chi connectivity index (χ3v) is 2.45. The molecule has 0 fully saturated rings. The van der Waals surface area contributed by atoms with Crippen LogP contribution >= 0.6 is 0 Å². The molecule has 5 heteroatoms. The molecular weight excluding hydrogens is 204 g/mol. The molecule has 0 saturated carbocycles. The number of hydrogen-bond acceptors (Lipinski definition) is 4. The molecule has 2 heterocycles. The van der Waals surface area contributed by atoms with Gasteiger partial charge in [-0.3, -0.25) is 0 Å². The van der Waals surface area contributed by atoms with Crippen LogP contribution in [0, 0.1) is 0 Å². The number of aryl methyl sites for hydroxylation is 1. The standard InChI is InChI=1S/C11H16N4O/c1-3-10-13-14-11(16-10)7-15-6-4-5-9(15)8(2)12/h4-6,8H,3,7,12H2,1-2H3. The van der Waals surface area contributed by atoms with Crippen molar-refractivity contribution in [3.05, 3.63) is 35.8 Å². The quantitative estimate of drug-likeness (QED) is 0.847. The van der Waals surface area contributed by atoms with Gasteiger partial charge in [-0.1, -0.05) is 6.92 Å². The molecule has 16 heavy (non-hydrogen) atoms. The van der Waals surface area contributed by atoms with Gasteiger partial charge in [0.1, 0.15) is 6.54 Å². The molecule has 1 atom stereocenters. The van der Waals surface area contributed by atoms with Gasteiger partial charge < -0.3 is 14.7 Å². The number of aromatic nitrogens is 3. The zero-order chi connectivity index (χ0) is 11.5. The van der Waals surface area contributed by atoms with Crippen LogP contribution < -0.4 is 5.73 Å². The summed E-state index contributed by atoms with van der Waals surface area (Å²) < 4.78 is 7.48. The van der Waals surface area contributed by atoms with Crippen LogP contribution in [-0.4, -0.2) is 14.8 Å². The first-order valence-corrected chi connectivity index (χ1v) is 5.42. The molecular formula is C11H16N4O. The summed E-state index contributed by atoms with van der Waals surface area (Å²) in [7, 11) is 0. The van der Waals surface area contributed by atoms with E-state index in [4.69, 9.17) is 10.2 Å². The van der Waals surface area contributed by atoms with E-state index in [1.165, 1.54) is 0 Å². The molecule has 0 aromatic carbocycles. The Balaban J connectivity index is 2.17. The first-order valence-electron chi connectivity index (χ1n) is 5.42. The van der Waals surface area contributed by atoms with Crippen LogP contribution in [0.25, 0.3) is 0 Å². The Morgan fingerprint density at radius 2 is 2.19 bits per heavy atom. The van der Waals surface area contributed by atoms with Gasteiger partial charge in [0.15, 0.2) is 0 Å². The summed E-state index contributed by atoms with van der Waals surface area (Å²) >= 11 is 0. The molecule has 2 rings (SSSR count). The second-order valence-electron chi connectivity index (χ2n) is 3.79. The van der Waals surface area contributed by atoms with Gasteiger partial charge in [-0.05, 0) is 19.1 Å². The average molecular weight is 220 g/mol. The van der Waals surface area contributed by atoms with Gasteiger partial charge in [0.2, 0.25) is 11.8 Å². The van der Waals surface area contributed by atoms with Crippen molar-refractivity contribution in [1.82, 2.24) is 14.8 Å². The summed E-state index contributed by atoms with van der Waals surface area (Å²) in [6, 6.07) is 3.97. The highest BCUT2D eigenvalue weighted by Gasteiger charge is 2.09. The van der Waals surface area contributed by atoms with Crippen molar-refractivity contribution in [3.8, 4) is 0 Å². The Kier molecular flexibility index (Phi) is 3.05. The van der Waals surface area contributed by atoms with Crippen LogP contribution in [0.3, 0.4) is 0 Å². The van der Waals surface area contributed by atoms with Gasteiger partial charge >= 0.3 is 0 Å². The van der Waals surface area contributed by atoms with Gasteiger partial charge in [0.05, 0.1) is 0 Å². The van der Waals surface area contributed by atoms with Crippen molar-refractivity contribution < 1.29 is 4.42 Å². The predicted molar refractivity (Wildman–Crippen MR) is 59.8 cm³/mol. The fourth-order valence-corrected chi connectivity index (χ4v) is 1.63. The van der Waals surface area contributed by atoms with Gasteiger partial charge in [-0.15, -0.1) is 10.2 Å². The summed E-state index contributed by atoms with van der Waals surface area (Å²) in [4.78, 5) is 0. The Hall–Kier alpha value is -1.62. The lowest BCUT2D eigenvalue weighted by Crippen LogP contribution is -2.12. The molecule has 0 spiro atoms. The fourth-order valence-electron chi connectivity index (χ4n) is 1.63. The Labute approximate surface area is 94.3 Å². The minimum absolute atomic E-state index is 0.00330. The highest BCUT2D eigenvalue weighted by molar-refractivity contribution is 5.11. The molecule has 2 aromatic heterocycles. The molecule has 2 N–H and O–H groups in total. The first kappa shape index (κ1) is 10.9. The summed E-state index contributed by atoms with van der Waals surface area (Å²) in [5.74, 6) is 1.29. The maximum Gasteiger partial charge on any atom is 0.236 e. The highest BCUT2D eigenvalue weighted by atomic mass is 16.4. The zero-order valence-electron chi connectivity index (χ0n) is 9.55. The van der Waals surface area contributed by atoms with E-state index >= 15 is 0 Å². The van der Waals surface area contributed by atoms with Crippen LogP contribution in [0.1, 0.15) is 37.4 Å². The Morgan fingerprint density at radius 1 is 1.44 bits per heavy atom. The molecule has 86 valence electrons. The smallest absolute Gasteiger partial charge is 0.236 e. The maximum atomic E-state index is 5.86. The van der Waals surface area contributed by atoms with E-state index in [2.05, 4.69) is 10.2 Å². The van der Waals surface area contributed by atoms with Gasteiger partial charge in [0, 0.05) is 24.4 Å². The summed E-state index contributed by atoms with van der Waals surface area (Å²) in [6.45, 7) is 4.52. The van der Waals surface area contributed by atoms with E-state index in [1.54, 1.807) is 0 Å². The molecule has 1 unspecified atom stereocenters. The molecule has 5 nitrogen and oxygen atoms in total. The number of rotatable bonds is 4. The highest BCUT2D eigenvalue weighted by Crippen LogP contribution is 2.12. The third kappa shape index (κ3) is 2.14. The first-order chi connectivity index (χ1) is 7.70. The van der Waals surface area contributed by atoms with Crippen molar-refractivity contribution in [2.75, 3.05) is 0 Å². The van der Waals surface area contributed by atoms with Gasteiger partial charge in [-0.2, -0.15) is 0 Å². The molecule has 0 bridgehead atoms. The van der Waals surface area contributed by atoms with Crippen LogP contribution in [0.2, 0.25) is 0 Å². The normalized spacial score (nSPS) is 12.9. The van der Waals surface area contributed by atoms with Crippen molar-refractivity contribution in [2.24, 2.45) is 5.73 Å². The Bertz CT molecular complexity index is 458. The largest absolute Gasteiger partial charge is 0.423 e. The molecule has 0 aliphatic heterocycles. The minimum atomic E-state index is 0.00330. The lowest BCUT2D eigenvalue weighted by molar-refractivity contribution is 0.438. The van der Waals surface area contributed by atoms with Crippen LogP contribution in [-0.2, 0) is 13.0 Å². The van der Waals surface area contributed by atoms with Crippen LogP contribution in [0.15, 0.2) is 22.7 Å². The van der Waals surface area contributed by atoms with Gasteiger partial charge in [-0.25, -0.2) is 0 Å². The predicted octanol–water partition coefficient (Wildman–Crippen LogP) is 1.50. The van der Waals surface area contributed by atoms with E-state index in [-0.39, 0.29) is 6.04 Å². The molecule has 0 aliphatic carbocycles. The summed E-state index contributed by atoms with van der Waals surface area (Å²) in [6.07, 6.45) is 2.73. The second-order valence-corrected chi connectivity index (χ2v) is 3.79. The number of hydrogen-bond donors (Lipinski definition) is 1. The van der Waals surface area contributed by atoms with Gasteiger partial charge in [0.25, 0.3) is 0 Å². The van der Waals surface area contributed by atoms with Crippen molar-refractivity contribution >= 4 is 0 Å². The molecule has 0 saturated heterocycles. The van der Waals surface area contributed by atoms with E-state index < -0.39 is 0 Å². The van der Waals surface area contributed by atoms with E-state index in [9.17, 15) is 0 Å². The van der Waals surface area contributed by atoms with Crippen LogP contribution in [0.5, 0.6) is 0 Å². The number of nitrogens with two attached hydrogens (primary N) is 1. The maximum absolute atomic E-state index is 5.86. The Morgan fingerprint density at radius 3 is 2.81 bits per heavy atom. The SMILES string of the molecule is CCc1nnc(Cn2cccc2C(C)N)o1. The zero-order valence-corrected chi connectivity index (χ0v) is 9.55. The van der Waals surface area contributed by atoms with Crippen LogP contribution in [0.4, 0.5) is 0 Å². The summed E-state index contributed by atoms with van der Waals surface area (Å²) in [5, 5.41) is 7.91. The third-order valence-electron chi connectivity index (χ3n) is 2.45. The van der Waals surface area contributed by atoms with E-state index in [0.717, 1.165) is 12.1 Å². The topological polar surface area (TPSA) is 69.9 Å². The molecule has 2 aromatic rings. The minimum Gasteiger partial charge on any atom is -0.423 e. The van der Waals surface area contributed by atoms with Crippen molar-refractivity contribution in [1.29, 1.82) is 0 Å². The van der Waals surface area contributed by atoms with E-state index in [0.29, 0.717) is 18.3 Å². The molecule has 0 aliphatic rings. The molecule has 0 radical (unpaired) electrons. The summed E-state index contributed by atoms with van der Waals surface area (Å²) in [5.41, 5.74) is 6.92. The fraction of sp³-hybridized carbons (Fsp3) is 0.455. The second kappa shape index (κ2) is 4.49. The van der Waals surface area contributed by atoms with E-state index in [1.807, 2.05) is 36.7 Å². The van der Waals surface area contributed by atoms with Crippen molar-refractivity contribution in [2.45, 2.75) is 32.9 Å². The lowest BCUT2D eigenvalue weighted by atomic mass is 10.2. The van der Waals surface area contributed by atoms with Crippen molar-refractivity contribution in [3.63, 3.8) is 0 Å². The lowest BCUT2D eigenvalue weighted by Gasteiger charge is -2.09. The monoisotopic (exact) mass is 220 g/mol.